The highest BCUT2D eigenvalue weighted by Gasteiger charge is 2.18. The zero-order valence-electron chi connectivity index (χ0n) is 17.1. The Bertz CT molecular complexity index is 1230. The number of benzene rings is 1. The zero-order chi connectivity index (χ0) is 20.7. The van der Waals surface area contributed by atoms with Crippen molar-refractivity contribution in [3.63, 3.8) is 0 Å². The maximum Gasteiger partial charge on any atom is 0.258 e. The molecule has 0 radical (unpaired) electrons. The van der Waals surface area contributed by atoms with E-state index in [-0.39, 0.29) is 5.82 Å². The highest BCUT2D eigenvalue weighted by atomic mass is 16.5. The lowest BCUT2D eigenvalue weighted by Crippen LogP contribution is -2.27. The summed E-state index contributed by atoms with van der Waals surface area (Å²) in [6.07, 6.45) is 6.42. The molecule has 3 aromatic heterocycles. The standard InChI is InChI=1S/C23H24N6O/c1-14-9-16(10-17-12-29(2)8-5-18(14)17)20-11-27-21(24)23(28-20)30-13-15-3-6-25-22-19(15)4-7-26-22/h3-4,6-7,9-11H,5,8,12-13H2,1-2H3,(H2,24,27)(H,25,26). The number of aromatic amines is 1. The lowest BCUT2D eigenvalue weighted by Gasteiger charge is -2.27. The van der Waals surface area contributed by atoms with Crippen molar-refractivity contribution < 1.29 is 4.74 Å². The van der Waals surface area contributed by atoms with Crippen LogP contribution in [0, 0.1) is 6.92 Å². The average Bonchev–Trinajstić information content (AvgIpc) is 3.22. The maximum absolute atomic E-state index is 6.06. The number of ether oxygens (including phenoxy) is 1. The van der Waals surface area contributed by atoms with Gasteiger partial charge in [-0.2, -0.15) is 0 Å². The van der Waals surface area contributed by atoms with Gasteiger partial charge in [-0.05, 0) is 61.3 Å². The van der Waals surface area contributed by atoms with Crippen molar-refractivity contribution in [2.45, 2.75) is 26.5 Å². The Morgan fingerprint density at radius 3 is 3.03 bits per heavy atom. The summed E-state index contributed by atoms with van der Waals surface area (Å²) in [6.45, 7) is 4.55. The van der Waals surface area contributed by atoms with Crippen molar-refractivity contribution in [2.24, 2.45) is 0 Å². The molecule has 0 saturated carbocycles. The van der Waals surface area contributed by atoms with E-state index in [2.05, 4.69) is 50.9 Å². The fraction of sp³-hybridized carbons (Fsp3) is 0.261. The van der Waals surface area contributed by atoms with E-state index in [4.69, 9.17) is 10.5 Å². The van der Waals surface area contributed by atoms with Crippen LogP contribution in [-0.2, 0) is 19.6 Å². The van der Waals surface area contributed by atoms with E-state index in [9.17, 15) is 0 Å². The predicted octanol–water partition coefficient (Wildman–Crippen LogP) is 3.48. The Morgan fingerprint density at radius 1 is 1.23 bits per heavy atom. The lowest BCUT2D eigenvalue weighted by atomic mass is 9.92. The van der Waals surface area contributed by atoms with E-state index in [1.807, 2.05) is 18.3 Å². The number of hydrogen-bond acceptors (Lipinski definition) is 6. The fourth-order valence-electron chi connectivity index (χ4n) is 4.13. The molecule has 0 spiro atoms. The first-order valence-electron chi connectivity index (χ1n) is 10.1. The minimum absolute atomic E-state index is 0.285. The van der Waals surface area contributed by atoms with E-state index < -0.39 is 0 Å². The van der Waals surface area contributed by atoms with Crippen LogP contribution >= 0.6 is 0 Å². The predicted molar refractivity (Wildman–Crippen MR) is 117 cm³/mol. The summed E-state index contributed by atoms with van der Waals surface area (Å²) in [5, 5.41) is 1.02. The third-order valence-corrected chi connectivity index (χ3v) is 5.73. The first-order chi connectivity index (χ1) is 14.6. The Balaban J connectivity index is 1.45. The minimum atomic E-state index is 0.285. The second-order valence-electron chi connectivity index (χ2n) is 7.86. The molecule has 7 heteroatoms. The average molecular weight is 400 g/mol. The molecular weight excluding hydrogens is 376 g/mol. The van der Waals surface area contributed by atoms with E-state index >= 15 is 0 Å². The number of aromatic nitrogens is 4. The van der Waals surface area contributed by atoms with Crippen LogP contribution in [0.1, 0.15) is 22.3 Å². The summed E-state index contributed by atoms with van der Waals surface area (Å²) in [5.74, 6) is 0.632. The molecule has 5 rings (SSSR count). The highest BCUT2D eigenvalue weighted by Crippen LogP contribution is 2.30. The Morgan fingerprint density at radius 2 is 2.13 bits per heavy atom. The zero-order valence-corrected chi connectivity index (χ0v) is 17.1. The molecule has 4 aromatic rings. The van der Waals surface area contributed by atoms with Gasteiger partial charge < -0.3 is 20.4 Å². The summed E-state index contributed by atoms with van der Waals surface area (Å²) in [6, 6.07) is 8.32. The van der Waals surface area contributed by atoms with E-state index in [1.165, 1.54) is 16.7 Å². The Kier molecular flexibility index (Phi) is 4.59. The number of H-pyrrole nitrogens is 1. The van der Waals surface area contributed by atoms with Gasteiger partial charge in [0.1, 0.15) is 12.3 Å². The number of anilines is 1. The molecule has 0 saturated heterocycles. The van der Waals surface area contributed by atoms with Crippen LogP contribution in [0.3, 0.4) is 0 Å². The first kappa shape index (κ1) is 18.6. The number of pyridine rings is 1. The molecule has 0 bridgehead atoms. The second-order valence-corrected chi connectivity index (χ2v) is 7.86. The molecule has 0 fully saturated rings. The molecule has 0 amide bonds. The fourth-order valence-corrected chi connectivity index (χ4v) is 4.13. The van der Waals surface area contributed by atoms with Gasteiger partial charge in [0, 0.05) is 42.0 Å². The smallest absolute Gasteiger partial charge is 0.258 e. The maximum atomic E-state index is 6.06. The minimum Gasteiger partial charge on any atom is -0.470 e. The van der Waals surface area contributed by atoms with E-state index in [1.54, 1.807) is 12.4 Å². The van der Waals surface area contributed by atoms with Gasteiger partial charge in [0.05, 0.1) is 11.9 Å². The van der Waals surface area contributed by atoms with Crippen LogP contribution in [-0.4, -0.2) is 38.4 Å². The Labute approximate surface area is 174 Å². The van der Waals surface area contributed by atoms with Crippen molar-refractivity contribution in [2.75, 3.05) is 19.3 Å². The summed E-state index contributed by atoms with van der Waals surface area (Å²) in [5.41, 5.74) is 13.8. The molecule has 30 heavy (non-hydrogen) atoms. The molecule has 1 aliphatic heterocycles. The van der Waals surface area contributed by atoms with Gasteiger partial charge in [0.15, 0.2) is 5.82 Å². The SMILES string of the molecule is Cc1cc(-c2cnc(N)c(OCc3ccnc4[nH]ccc34)n2)cc2c1CCN(C)C2. The first-order valence-corrected chi connectivity index (χ1v) is 10.1. The van der Waals surface area contributed by atoms with Gasteiger partial charge in [0.2, 0.25) is 0 Å². The topological polar surface area (TPSA) is 92.9 Å². The number of nitrogens with two attached hydrogens (primary N) is 1. The largest absolute Gasteiger partial charge is 0.470 e. The molecule has 0 aliphatic carbocycles. The van der Waals surface area contributed by atoms with E-state index in [0.717, 1.165) is 47.4 Å². The normalized spacial score (nSPS) is 14.1. The van der Waals surface area contributed by atoms with Crippen molar-refractivity contribution >= 4 is 16.9 Å². The number of likely N-dealkylation sites (N-methyl/N-ethyl adjacent to an activating group) is 1. The molecule has 1 aliphatic rings. The number of hydrogen-bond donors (Lipinski definition) is 2. The summed E-state index contributed by atoms with van der Waals surface area (Å²) < 4.78 is 5.97. The molecule has 0 unspecified atom stereocenters. The number of nitrogen functional groups attached to an aromatic ring is 1. The van der Waals surface area contributed by atoms with Crippen LogP contribution in [0.5, 0.6) is 5.88 Å². The number of fused-ring (bicyclic) bond motifs is 2. The molecule has 4 heterocycles. The summed E-state index contributed by atoms with van der Waals surface area (Å²) >= 11 is 0. The van der Waals surface area contributed by atoms with Crippen LogP contribution < -0.4 is 10.5 Å². The highest BCUT2D eigenvalue weighted by molar-refractivity contribution is 5.79. The second kappa shape index (κ2) is 7.42. The molecule has 1 aromatic carbocycles. The van der Waals surface area contributed by atoms with Crippen molar-refractivity contribution in [3.8, 4) is 17.1 Å². The Hall–Kier alpha value is -3.45. The van der Waals surface area contributed by atoms with Gasteiger partial charge in [-0.15, -0.1) is 0 Å². The quantitative estimate of drug-likeness (QED) is 0.545. The number of rotatable bonds is 4. The van der Waals surface area contributed by atoms with Crippen molar-refractivity contribution in [3.05, 3.63) is 65.1 Å². The van der Waals surface area contributed by atoms with Gasteiger partial charge >= 0.3 is 0 Å². The van der Waals surface area contributed by atoms with E-state index in [0.29, 0.717) is 12.5 Å². The monoisotopic (exact) mass is 400 g/mol. The van der Waals surface area contributed by atoms with Gasteiger partial charge in [-0.25, -0.2) is 15.0 Å². The molecule has 7 nitrogen and oxygen atoms in total. The number of nitrogens with one attached hydrogen (secondary N) is 1. The molecule has 152 valence electrons. The van der Waals surface area contributed by atoms with Crippen LogP contribution in [0.25, 0.3) is 22.3 Å². The molecule has 3 N–H and O–H groups in total. The molecular formula is C23H24N6O. The van der Waals surface area contributed by atoms with Crippen molar-refractivity contribution in [1.82, 2.24) is 24.8 Å². The summed E-state index contributed by atoms with van der Waals surface area (Å²) in [7, 11) is 2.15. The van der Waals surface area contributed by atoms with Gasteiger partial charge in [-0.3, -0.25) is 0 Å². The van der Waals surface area contributed by atoms with Crippen molar-refractivity contribution in [1.29, 1.82) is 0 Å². The van der Waals surface area contributed by atoms with Crippen LogP contribution in [0.2, 0.25) is 0 Å². The van der Waals surface area contributed by atoms with Crippen LogP contribution in [0.15, 0.2) is 42.9 Å². The lowest BCUT2D eigenvalue weighted by molar-refractivity contribution is 0.296. The third-order valence-electron chi connectivity index (χ3n) is 5.73. The molecule has 0 atom stereocenters. The number of nitrogens with zero attached hydrogens (tertiary/aromatic N) is 4. The van der Waals surface area contributed by atoms with Crippen LogP contribution in [0.4, 0.5) is 5.82 Å². The van der Waals surface area contributed by atoms with Gasteiger partial charge in [0.25, 0.3) is 5.88 Å². The summed E-state index contributed by atoms with van der Waals surface area (Å²) in [4.78, 5) is 18.8. The van der Waals surface area contributed by atoms with Gasteiger partial charge in [-0.1, -0.05) is 0 Å². The number of aryl methyl sites for hydroxylation is 1. The third kappa shape index (κ3) is 3.37.